The van der Waals surface area contributed by atoms with Crippen LogP contribution in [0.5, 0.6) is 0 Å². The lowest BCUT2D eigenvalue weighted by Crippen LogP contribution is -2.09. The zero-order chi connectivity index (χ0) is 6.97. The Bertz CT molecular complexity index is 116. The Labute approximate surface area is 71.5 Å². The van der Waals surface area contributed by atoms with E-state index in [0.717, 1.165) is 16.7 Å². The van der Waals surface area contributed by atoms with Crippen LogP contribution < -0.4 is 0 Å². The maximum absolute atomic E-state index is 3.68. The lowest BCUT2D eigenvalue weighted by Gasteiger charge is -2.20. The number of halogens is 1. The van der Waals surface area contributed by atoms with E-state index in [9.17, 15) is 0 Å². The zero-order valence-corrected chi connectivity index (χ0v) is 7.94. The number of rotatable bonds is 1. The van der Waals surface area contributed by atoms with Gasteiger partial charge < -0.3 is 0 Å². The van der Waals surface area contributed by atoms with Gasteiger partial charge in [0.1, 0.15) is 0 Å². The van der Waals surface area contributed by atoms with E-state index in [2.05, 4.69) is 15.9 Å². The maximum Gasteiger partial charge on any atom is 0.0180 e. The smallest absolute Gasteiger partial charge is 0.0180 e. The largest absolute Gasteiger partial charge is 0.0887 e. The summed E-state index contributed by atoms with van der Waals surface area (Å²) < 4.78 is 0. The minimum Gasteiger partial charge on any atom is -0.0887 e. The molecule has 0 amide bonds. The first-order valence-corrected chi connectivity index (χ1v) is 5.43. The van der Waals surface area contributed by atoms with Crippen molar-refractivity contribution in [3.8, 4) is 0 Å². The normalized spacial score (nSPS) is 41.7. The Morgan fingerprint density at radius 1 is 1.00 bits per heavy atom. The molecule has 0 spiro atoms. The quantitative estimate of drug-likeness (QED) is 0.573. The number of hydrogen-bond donors (Lipinski definition) is 0. The standard InChI is InChI=1S/C9H15Br/c10-9-6-8(9)7-4-2-1-3-5-7/h7-9H,1-6H2. The van der Waals surface area contributed by atoms with Crippen LogP contribution in [0.3, 0.4) is 0 Å². The average Bonchev–Trinajstić information content (AvgIpc) is 2.69. The predicted molar refractivity (Wildman–Crippen MR) is 47.4 cm³/mol. The van der Waals surface area contributed by atoms with Gasteiger partial charge in [-0.2, -0.15) is 0 Å². The van der Waals surface area contributed by atoms with Crippen LogP contribution in [-0.2, 0) is 0 Å². The molecule has 0 bridgehead atoms. The molecule has 0 aromatic rings. The molecule has 2 aliphatic rings. The molecule has 2 atom stereocenters. The molecule has 0 radical (unpaired) electrons. The Balaban J connectivity index is 1.81. The van der Waals surface area contributed by atoms with Gasteiger partial charge in [0.2, 0.25) is 0 Å². The van der Waals surface area contributed by atoms with Crippen molar-refractivity contribution in [2.24, 2.45) is 11.8 Å². The van der Waals surface area contributed by atoms with Crippen LogP contribution in [0.15, 0.2) is 0 Å². The van der Waals surface area contributed by atoms with Crippen LogP contribution in [-0.4, -0.2) is 4.83 Å². The molecule has 0 aromatic heterocycles. The number of hydrogen-bond acceptors (Lipinski definition) is 0. The van der Waals surface area contributed by atoms with Gasteiger partial charge in [0.25, 0.3) is 0 Å². The molecular formula is C9H15Br. The van der Waals surface area contributed by atoms with E-state index < -0.39 is 0 Å². The summed E-state index contributed by atoms with van der Waals surface area (Å²) in [6.07, 6.45) is 9.00. The van der Waals surface area contributed by atoms with Gasteiger partial charge in [-0.25, -0.2) is 0 Å². The lowest BCUT2D eigenvalue weighted by molar-refractivity contribution is 0.324. The van der Waals surface area contributed by atoms with E-state index in [1.165, 1.54) is 38.5 Å². The van der Waals surface area contributed by atoms with Crippen molar-refractivity contribution >= 4 is 15.9 Å². The van der Waals surface area contributed by atoms with Crippen molar-refractivity contribution in [3.05, 3.63) is 0 Å². The van der Waals surface area contributed by atoms with Crippen LogP contribution >= 0.6 is 15.9 Å². The van der Waals surface area contributed by atoms with E-state index in [1.54, 1.807) is 0 Å². The van der Waals surface area contributed by atoms with Gasteiger partial charge >= 0.3 is 0 Å². The average molecular weight is 203 g/mol. The third kappa shape index (κ3) is 1.39. The molecule has 0 N–H and O–H groups in total. The Kier molecular flexibility index (Phi) is 2.03. The monoisotopic (exact) mass is 202 g/mol. The highest BCUT2D eigenvalue weighted by Gasteiger charge is 2.40. The first-order valence-electron chi connectivity index (χ1n) is 4.52. The molecule has 0 heterocycles. The minimum absolute atomic E-state index is 0.899. The van der Waals surface area contributed by atoms with E-state index in [1.807, 2.05) is 0 Å². The third-order valence-corrected chi connectivity index (χ3v) is 4.07. The highest BCUT2D eigenvalue weighted by atomic mass is 79.9. The second kappa shape index (κ2) is 2.84. The van der Waals surface area contributed by atoms with Gasteiger partial charge in [0.15, 0.2) is 0 Å². The van der Waals surface area contributed by atoms with Gasteiger partial charge in [-0.1, -0.05) is 48.0 Å². The fourth-order valence-corrected chi connectivity index (χ4v) is 3.09. The first-order chi connectivity index (χ1) is 4.88. The van der Waals surface area contributed by atoms with E-state index in [4.69, 9.17) is 0 Å². The Morgan fingerprint density at radius 3 is 2.10 bits per heavy atom. The van der Waals surface area contributed by atoms with Crippen molar-refractivity contribution < 1.29 is 0 Å². The van der Waals surface area contributed by atoms with E-state index >= 15 is 0 Å². The fourth-order valence-electron chi connectivity index (χ4n) is 2.23. The minimum atomic E-state index is 0.899. The number of alkyl halides is 1. The molecule has 1 heteroatoms. The summed E-state index contributed by atoms with van der Waals surface area (Å²) in [6, 6.07) is 0. The molecule has 2 fully saturated rings. The van der Waals surface area contributed by atoms with Crippen molar-refractivity contribution in [1.29, 1.82) is 0 Å². The molecule has 2 rings (SSSR count). The summed E-state index contributed by atoms with van der Waals surface area (Å²) in [5, 5.41) is 0. The first kappa shape index (κ1) is 7.15. The van der Waals surface area contributed by atoms with Crippen LogP contribution in [0.4, 0.5) is 0 Å². The highest BCUT2D eigenvalue weighted by molar-refractivity contribution is 9.09. The second-order valence-corrected chi connectivity index (χ2v) is 4.99. The summed E-state index contributed by atoms with van der Waals surface area (Å²) >= 11 is 3.68. The predicted octanol–water partition coefficient (Wildman–Crippen LogP) is 3.35. The fraction of sp³-hybridized carbons (Fsp3) is 1.00. The van der Waals surface area contributed by atoms with Crippen LogP contribution in [0.25, 0.3) is 0 Å². The van der Waals surface area contributed by atoms with Crippen molar-refractivity contribution in [1.82, 2.24) is 0 Å². The van der Waals surface area contributed by atoms with Crippen LogP contribution in [0.2, 0.25) is 0 Å². The summed E-state index contributed by atoms with van der Waals surface area (Å²) in [5.41, 5.74) is 0. The van der Waals surface area contributed by atoms with Crippen molar-refractivity contribution in [2.75, 3.05) is 0 Å². The SMILES string of the molecule is BrC1CC1C1CCCCC1. The van der Waals surface area contributed by atoms with Gasteiger partial charge in [-0.15, -0.1) is 0 Å². The molecule has 0 aliphatic heterocycles. The topological polar surface area (TPSA) is 0 Å². The third-order valence-electron chi connectivity index (χ3n) is 3.01. The van der Waals surface area contributed by atoms with Gasteiger partial charge in [-0.05, 0) is 18.3 Å². The van der Waals surface area contributed by atoms with Crippen LogP contribution in [0, 0.1) is 11.8 Å². The lowest BCUT2D eigenvalue weighted by atomic mass is 9.86. The van der Waals surface area contributed by atoms with Crippen molar-refractivity contribution in [3.63, 3.8) is 0 Å². The van der Waals surface area contributed by atoms with E-state index in [-0.39, 0.29) is 0 Å². The molecule has 0 aromatic carbocycles. The molecular weight excluding hydrogens is 188 g/mol. The molecule has 2 saturated carbocycles. The summed E-state index contributed by atoms with van der Waals surface area (Å²) in [5.74, 6) is 2.17. The van der Waals surface area contributed by atoms with Crippen LogP contribution in [0.1, 0.15) is 38.5 Å². The molecule has 10 heavy (non-hydrogen) atoms. The summed E-state index contributed by atoms with van der Waals surface area (Å²) in [7, 11) is 0. The summed E-state index contributed by atoms with van der Waals surface area (Å²) in [4.78, 5) is 0.899. The highest BCUT2D eigenvalue weighted by Crippen LogP contribution is 2.48. The second-order valence-electron chi connectivity index (χ2n) is 3.81. The molecule has 0 saturated heterocycles. The van der Waals surface area contributed by atoms with E-state index in [0.29, 0.717) is 0 Å². The van der Waals surface area contributed by atoms with Gasteiger partial charge in [0.05, 0.1) is 0 Å². The zero-order valence-electron chi connectivity index (χ0n) is 6.35. The van der Waals surface area contributed by atoms with Gasteiger partial charge in [0, 0.05) is 4.83 Å². The molecule has 58 valence electrons. The molecule has 0 nitrogen and oxygen atoms in total. The molecule has 2 unspecified atom stereocenters. The molecule has 2 aliphatic carbocycles. The maximum atomic E-state index is 3.68. The summed E-state index contributed by atoms with van der Waals surface area (Å²) in [6.45, 7) is 0. The van der Waals surface area contributed by atoms with Crippen molar-refractivity contribution in [2.45, 2.75) is 43.4 Å². The Hall–Kier alpha value is 0.480. The van der Waals surface area contributed by atoms with Gasteiger partial charge in [-0.3, -0.25) is 0 Å². The Morgan fingerprint density at radius 2 is 1.60 bits per heavy atom.